The van der Waals surface area contributed by atoms with Crippen LogP contribution in [-0.4, -0.2) is 28.5 Å². The summed E-state index contributed by atoms with van der Waals surface area (Å²) in [7, 11) is 0. The first-order valence-electron chi connectivity index (χ1n) is 4.54. The number of nitrogens with zero attached hydrogens (tertiary/aromatic N) is 1. The molecule has 0 aliphatic carbocycles. The van der Waals surface area contributed by atoms with E-state index < -0.39 is 0 Å². The molecule has 5 heteroatoms. The fourth-order valence-electron chi connectivity index (χ4n) is 1.34. The Bertz CT molecular complexity index is 521. The molecule has 1 aromatic carbocycles. The van der Waals surface area contributed by atoms with Crippen molar-refractivity contribution in [2.24, 2.45) is 0 Å². The summed E-state index contributed by atoms with van der Waals surface area (Å²) in [5.41, 5.74) is -0.248. The molecule has 0 unspecified atom stereocenters. The molecule has 0 bridgehead atoms. The molecule has 0 saturated carbocycles. The number of fused-ring (bicyclic) bond motifs is 1. The molecular formula is C10H10N2O3. The van der Waals surface area contributed by atoms with Gasteiger partial charge in [-0.15, -0.1) is 5.10 Å². The van der Waals surface area contributed by atoms with E-state index in [1.54, 1.807) is 24.3 Å². The number of aliphatic hydroxyl groups excluding tert-OH is 1. The second-order valence-electron chi connectivity index (χ2n) is 2.98. The van der Waals surface area contributed by atoms with E-state index in [4.69, 9.17) is 9.84 Å². The van der Waals surface area contributed by atoms with Crippen molar-refractivity contribution in [3.63, 3.8) is 0 Å². The molecule has 2 rings (SSSR count). The van der Waals surface area contributed by atoms with Gasteiger partial charge in [0.05, 0.1) is 17.4 Å². The average Bonchev–Trinajstić information content (AvgIpc) is 2.29. The van der Waals surface area contributed by atoms with Crippen molar-refractivity contribution in [3.05, 3.63) is 34.6 Å². The normalized spacial score (nSPS) is 10.5. The lowest BCUT2D eigenvalue weighted by Gasteiger charge is -2.05. The van der Waals surface area contributed by atoms with Crippen LogP contribution in [0.3, 0.4) is 0 Å². The highest BCUT2D eigenvalue weighted by Gasteiger charge is 2.05. The van der Waals surface area contributed by atoms with E-state index in [0.717, 1.165) is 0 Å². The number of aliphatic hydroxyl groups is 1. The minimum atomic E-state index is -0.248. The fourth-order valence-corrected chi connectivity index (χ4v) is 1.34. The Morgan fingerprint density at radius 3 is 2.80 bits per heavy atom. The second-order valence-corrected chi connectivity index (χ2v) is 2.98. The number of benzene rings is 1. The zero-order valence-electron chi connectivity index (χ0n) is 7.93. The number of hydrogen-bond acceptors (Lipinski definition) is 4. The van der Waals surface area contributed by atoms with Crippen molar-refractivity contribution in [2.45, 2.75) is 0 Å². The lowest BCUT2D eigenvalue weighted by atomic mass is 10.2. The van der Waals surface area contributed by atoms with Crippen LogP contribution in [0.4, 0.5) is 0 Å². The summed E-state index contributed by atoms with van der Waals surface area (Å²) in [6.07, 6.45) is 0. The van der Waals surface area contributed by atoms with Crippen LogP contribution in [0, 0.1) is 0 Å². The van der Waals surface area contributed by atoms with Crippen LogP contribution >= 0.6 is 0 Å². The van der Waals surface area contributed by atoms with Gasteiger partial charge in [0.2, 0.25) is 5.88 Å². The molecule has 0 fully saturated rings. The third kappa shape index (κ3) is 1.82. The van der Waals surface area contributed by atoms with Crippen LogP contribution in [0.5, 0.6) is 5.88 Å². The molecule has 15 heavy (non-hydrogen) atoms. The molecule has 0 saturated heterocycles. The van der Waals surface area contributed by atoms with E-state index in [1.807, 2.05) is 0 Å². The molecule has 0 aliphatic heterocycles. The van der Waals surface area contributed by atoms with Gasteiger partial charge in [-0.25, -0.2) is 5.10 Å². The van der Waals surface area contributed by atoms with E-state index in [0.29, 0.717) is 16.7 Å². The van der Waals surface area contributed by atoms with Crippen LogP contribution in [0.2, 0.25) is 0 Å². The number of hydrogen-bond donors (Lipinski definition) is 2. The van der Waals surface area contributed by atoms with Crippen molar-refractivity contribution >= 4 is 10.8 Å². The van der Waals surface area contributed by atoms with Crippen LogP contribution in [0.1, 0.15) is 0 Å². The maximum Gasteiger partial charge on any atom is 0.272 e. The Hall–Kier alpha value is -1.88. The van der Waals surface area contributed by atoms with Gasteiger partial charge < -0.3 is 9.84 Å². The molecule has 2 aromatic rings. The van der Waals surface area contributed by atoms with Gasteiger partial charge in [0, 0.05) is 0 Å². The molecule has 0 radical (unpaired) electrons. The summed E-state index contributed by atoms with van der Waals surface area (Å²) >= 11 is 0. The summed E-state index contributed by atoms with van der Waals surface area (Å²) in [6, 6.07) is 7.02. The predicted octanol–water partition coefficient (Wildman–Crippen LogP) is 0.294. The largest absolute Gasteiger partial charge is 0.474 e. The van der Waals surface area contributed by atoms with Crippen LogP contribution in [-0.2, 0) is 0 Å². The zero-order chi connectivity index (χ0) is 10.7. The predicted molar refractivity (Wildman–Crippen MR) is 54.9 cm³/mol. The topological polar surface area (TPSA) is 75.2 Å². The summed E-state index contributed by atoms with van der Waals surface area (Å²) in [4.78, 5) is 11.4. The van der Waals surface area contributed by atoms with E-state index in [-0.39, 0.29) is 18.8 Å². The van der Waals surface area contributed by atoms with Gasteiger partial charge in [-0.05, 0) is 12.1 Å². The average molecular weight is 206 g/mol. The Kier molecular flexibility index (Phi) is 2.64. The van der Waals surface area contributed by atoms with Crippen LogP contribution < -0.4 is 10.3 Å². The third-order valence-corrected chi connectivity index (χ3v) is 1.99. The van der Waals surface area contributed by atoms with Gasteiger partial charge in [-0.2, -0.15) is 0 Å². The number of nitrogens with one attached hydrogen (secondary N) is 1. The van der Waals surface area contributed by atoms with E-state index in [1.165, 1.54) is 0 Å². The maximum atomic E-state index is 11.4. The molecule has 1 heterocycles. The first-order chi connectivity index (χ1) is 7.33. The maximum absolute atomic E-state index is 11.4. The van der Waals surface area contributed by atoms with E-state index >= 15 is 0 Å². The highest BCUT2D eigenvalue weighted by atomic mass is 16.5. The van der Waals surface area contributed by atoms with Crippen molar-refractivity contribution < 1.29 is 9.84 Å². The Labute approximate surface area is 85.3 Å². The number of H-pyrrole nitrogens is 1. The Balaban J connectivity index is 2.56. The lowest BCUT2D eigenvalue weighted by Crippen LogP contribution is -2.11. The third-order valence-electron chi connectivity index (χ3n) is 1.99. The molecule has 0 spiro atoms. The van der Waals surface area contributed by atoms with Gasteiger partial charge in [0.15, 0.2) is 0 Å². The van der Waals surface area contributed by atoms with Gasteiger partial charge in [-0.3, -0.25) is 4.79 Å². The number of rotatable bonds is 3. The lowest BCUT2D eigenvalue weighted by molar-refractivity contribution is 0.197. The standard InChI is InChI=1S/C10H10N2O3/c13-5-6-15-10-8-4-2-1-3-7(8)9(14)11-12-10/h1-4,13H,5-6H2,(H,11,14). The summed E-state index contributed by atoms with van der Waals surface area (Å²) in [5.74, 6) is 0.333. The second kappa shape index (κ2) is 4.10. The highest BCUT2D eigenvalue weighted by molar-refractivity contribution is 5.85. The number of aromatic nitrogens is 2. The monoisotopic (exact) mass is 206 g/mol. The van der Waals surface area contributed by atoms with E-state index in [2.05, 4.69) is 10.2 Å². The van der Waals surface area contributed by atoms with Gasteiger partial charge in [0.1, 0.15) is 6.61 Å². The van der Waals surface area contributed by atoms with Crippen molar-refractivity contribution in [3.8, 4) is 5.88 Å². The summed E-state index contributed by atoms with van der Waals surface area (Å²) in [6.45, 7) is 0.0676. The number of aromatic amines is 1. The van der Waals surface area contributed by atoms with Crippen molar-refractivity contribution in [1.82, 2.24) is 10.2 Å². The van der Waals surface area contributed by atoms with Crippen molar-refractivity contribution in [1.29, 1.82) is 0 Å². The fraction of sp³-hybridized carbons (Fsp3) is 0.200. The van der Waals surface area contributed by atoms with Crippen molar-refractivity contribution in [2.75, 3.05) is 13.2 Å². The van der Waals surface area contributed by atoms with Crippen LogP contribution in [0.25, 0.3) is 10.8 Å². The van der Waals surface area contributed by atoms with Gasteiger partial charge in [0.25, 0.3) is 5.56 Å². The zero-order valence-corrected chi connectivity index (χ0v) is 7.93. The molecule has 78 valence electrons. The minimum Gasteiger partial charge on any atom is -0.474 e. The minimum absolute atomic E-state index is 0.0882. The molecule has 0 amide bonds. The van der Waals surface area contributed by atoms with E-state index in [9.17, 15) is 4.79 Å². The summed E-state index contributed by atoms with van der Waals surface area (Å²) < 4.78 is 5.19. The summed E-state index contributed by atoms with van der Waals surface area (Å²) in [5, 5.41) is 15.9. The first kappa shape index (κ1) is 9.67. The smallest absolute Gasteiger partial charge is 0.272 e. The molecular weight excluding hydrogens is 196 g/mol. The van der Waals surface area contributed by atoms with Crippen LogP contribution in [0.15, 0.2) is 29.1 Å². The Morgan fingerprint density at radius 1 is 1.33 bits per heavy atom. The van der Waals surface area contributed by atoms with Gasteiger partial charge >= 0.3 is 0 Å². The molecule has 1 aromatic heterocycles. The highest BCUT2D eigenvalue weighted by Crippen LogP contribution is 2.18. The quantitative estimate of drug-likeness (QED) is 0.757. The molecule has 0 aliphatic rings. The SMILES string of the molecule is O=c1[nH]nc(OCCO)c2ccccc12. The molecule has 2 N–H and O–H groups in total. The first-order valence-corrected chi connectivity index (χ1v) is 4.54. The number of ether oxygens (including phenoxy) is 1. The molecule has 0 atom stereocenters. The molecule has 5 nitrogen and oxygen atoms in total. The van der Waals surface area contributed by atoms with Gasteiger partial charge in [-0.1, -0.05) is 12.1 Å². The Morgan fingerprint density at radius 2 is 2.07 bits per heavy atom.